The van der Waals surface area contributed by atoms with E-state index in [1.807, 2.05) is 12.1 Å². The van der Waals surface area contributed by atoms with Gasteiger partial charge in [-0.3, -0.25) is 4.57 Å². The van der Waals surface area contributed by atoms with Crippen molar-refractivity contribution in [3.8, 4) is 0 Å². The van der Waals surface area contributed by atoms with Gasteiger partial charge in [0.1, 0.15) is 5.76 Å². The van der Waals surface area contributed by atoms with Gasteiger partial charge >= 0.3 is 13.6 Å². The molecule has 0 aromatic heterocycles. The minimum Gasteiger partial charge on any atom is -0.463 e. The van der Waals surface area contributed by atoms with Crippen LogP contribution in [0.2, 0.25) is 5.02 Å². The highest BCUT2D eigenvalue weighted by molar-refractivity contribution is 7.58. The first kappa shape index (κ1) is 23.7. The Hall–Kier alpha value is -1.59. The van der Waals surface area contributed by atoms with Crippen molar-refractivity contribution >= 4 is 25.2 Å². The largest absolute Gasteiger partial charge is 0.463 e. The van der Waals surface area contributed by atoms with Crippen LogP contribution in [0.25, 0.3) is 0 Å². The second-order valence-electron chi connectivity index (χ2n) is 7.14. The van der Waals surface area contributed by atoms with Gasteiger partial charge in [0, 0.05) is 17.4 Å². The van der Waals surface area contributed by atoms with Gasteiger partial charge in [-0.25, -0.2) is 4.79 Å². The van der Waals surface area contributed by atoms with Gasteiger partial charge < -0.3 is 18.5 Å². The lowest BCUT2D eigenvalue weighted by molar-refractivity contribution is -0.137. The van der Waals surface area contributed by atoms with Crippen LogP contribution in [0.15, 0.2) is 47.7 Å². The second-order valence-corrected chi connectivity index (χ2v) is 9.43. The SMILES string of the molecule is CCOC(=O)/C=C1\C[C@H](c2ccc(Cl)cc2)C=C(P(=O)(OC(C)C)OC(C)C)O1. The highest BCUT2D eigenvalue weighted by atomic mass is 35.5. The molecule has 1 aromatic carbocycles. The van der Waals surface area contributed by atoms with E-state index in [1.54, 1.807) is 52.8 Å². The van der Waals surface area contributed by atoms with E-state index in [-0.39, 0.29) is 30.2 Å². The molecule has 0 radical (unpaired) electrons. The average Bonchev–Trinajstić information content (AvgIpc) is 2.60. The molecular weight excluding hydrogens is 415 g/mol. The molecule has 8 heteroatoms. The summed E-state index contributed by atoms with van der Waals surface area (Å²) in [5.41, 5.74) is 1.01. The summed E-state index contributed by atoms with van der Waals surface area (Å²) in [6, 6.07) is 7.32. The van der Waals surface area contributed by atoms with E-state index in [0.29, 0.717) is 17.2 Å². The molecule has 0 amide bonds. The van der Waals surface area contributed by atoms with Crippen molar-refractivity contribution < 1.29 is 27.9 Å². The minimum absolute atomic E-state index is 0.0710. The smallest absolute Gasteiger partial charge is 0.396 e. The molecule has 1 aliphatic heterocycles. The topological polar surface area (TPSA) is 71.1 Å². The molecule has 1 aromatic rings. The van der Waals surface area contributed by atoms with Gasteiger partial charge in [0.2, 0.25) is 5.50 Å². The lowest BCUT2D eigenvalue weighted by Crippen LogP contribution is -2.16. The third-order valence-electron chi connectivity index (χ3n) is 3.83. The molecule has 1 aliphatic rings. The zero-order valence-electron chi connectivity index (χ0n) is 17.4. The quantitative estimate of drug-likeness (QED) is 0.272. The zero-order valence-corrected chi connectivity index (χ0v) is 19.0. The van der Waals surface area contributed by atoms with E-state index in [1.165, 1.54) is 6.08 Å². The fraction of sp³-hybridized carbons (Fsp3) is 0.476. The fourth-order valence-electron chi connectivity index (χ4n) is 2.82. The van der Waals surface area contributed by atoms with Gasteiger partial charge in [-0.05, 0) is 58.4 Å². The summed E-state index contributed by atoms with van der Waals surface area (Å²) in [6.07, 6.45) is 2.70. The molecule has 0 saturated heterocycles. The van der Waals surface area contributed by atoms with Crippen LogP contribution in [0.1, 0.15) is 52.5 Å². The summed E-state index contributed by atoms with van der Waals surface area (Å²) < 4.78 is 35.7. The van der Waals surface area contributed by atoms with Crippen molar-refractivity contribution in [2.24, 2.45) is 0 Å². The van der Waals surface area contributed by atoms with Crippen LogP contribution in [0, 0.1) is 0 Å². The summed E-state index contributed by atoms with van der Waals surface area (Å²) >= 11 is 6.00. The molecule has 29 heavy (non-hydrogen) atoms. The number of rotatable bonds is 8. The predicted molar refractivity (Wildman–Crippen MR) is 113 cm³/mol. The van der Waals surface area contributed by atoms with Crippen molar-refractivity contribution in [3.05, 3.63) is 58.3 Å². The molecular formula is C21H28ClO6P. The Balaban J connectivity index is 2.48. The Morgan fingerprint density at radius 1 is 1.21 bits per heavy atom. The summed E-state index contributed by atoms with van der Waals surface area (Å²) in [7, 11) is -3.75. The van der Waals surface area contributed by atoms with Gasteiger partial charge in [-0.15, -0.1) is 0 Å². The van der Waals surface area contributed by atoms with Crippen LogP contribution in [-0.2, 0) is 27.9 Å². The van der Waals surface area contributed by atoms with Crippen LogP contribution in [0.5, 0.6) is 0 Å². The van der Waals surface area contributed by atoms with E-state index in [4.69, 9.17) is 30.1 Å². The van der Waals surface area contributed by atoms with Gasteiger partial charge in [-0.1, -0.05) is 23.7 Å². The maximum atomic E-state index is 13.6. The molecule has 1 heterocycles. The lowest BCUT2D eigenvalue weighted by Gasteiger charge is -2.30. The van der Waals surface area contributed by atoms with Crippen molar-refractivity contribution in [2.75, 3.05) is 6.61 Å². The first-order valence-electron chi connectivity index (χ1n) is 9.62. The number of ether oxygens (including phenoxy) is 2. The average molecular weight is 443 g/mol. The highest BCUT2D eigenvalue weighted by Gasteiger charge is 2.39. The number of halogens is 1. The fourth-order valence-corrected chi connectivity index (χ4v) is 4.90. The molecule has 160 valence electrons. The molecule has 0 spiro atoms. The summed E-state index contributed by atoms with van der Waals surface area (Å²) in [5, 5.41) is 0.615. The maximum absolute atomic E-state index is 13.6. The van der Waals surface area contributed by atoms with Gasteiger partial charge in [0.15, 0.2) is 0 Å². The molecule has 0 unspecified atom stereocenters. The monoisotopic (exact) mass is 442 g/mol. The molecule has 2 rings (SSSR count). The molecule has 6 nitrogen and oxygen atoms in total. The number of esters is 1. The van der Waals surface area contributed by atoms with E-state index in [0.717, 1.165) is 5.56 Å². The van der Waals surface area contributed by atoms with Gasteiger partial charge in [0.05, 0.1) is 24.9 Å². The number of hydrogen-bond donors (Lipinski definition) is 0. The van der Waals surface area contributed by atoms with E-state index in [2.05, 4.69) is 0 Å². The van der Waals surface area contributed by atoms with E-state index in [9.17, 15) is 9.36 Å². The van der Waals surface area contributed by atoms with E-state index < -0.39 is 13.6 Å². The predicted octanol–water partition coefficient (Wildman–Crippen LogP) is 6.18. The Kier molecular flexibility index (Phi) is 8.53. The van der Waals surface area contributed by atoms with E-state index >= 15 is 0 Å². The molecule has 0 bridgehead atoms. The van der Waals surface area contributed by atoms with Crippen LogP contribution in [0.4, 0.5) is 0 Å². The zero-order chi connectivity index (χ0) is 21.6. The Bertz CT molecular complexity index is 799. The maximum Gasteiger partial charge on any atom is 0.396 e. The number of carbonyl (C=O) groups excluding carboxylic acids is 1. The number of benzene rings is 1. The first-order chi connectivity index (χ1) is 13.6. The summed E-state index contributed by atoms with van der Waals surface area (Å²) in [4.78, 5) is 12.0. The third-order valence-corrected chi connectivity index (χ3v) is 6.26. The van der Waals surface area contributed by atoms with Crippen molar-refractivity contribution in [2.45, 2.75) is 59.2 Å². The Morgan fingerprint density at radius 3 is 2.31 bits per heavy atom. The lowest BCUT2D eigenvalue weighted by atomic mass is 9.93. The van der Waals surface area contributed by atoms with Crippen LogP contribution in [0.3, 0.4) is 0 Å². The minimum atomic E-state index is -3.75. The number of allylic oxidation sites excluding steroid dienone is 2. The van der Waals surface area contributed by atoms with Crippen LogP contribution >= 0.6 is 19.2 Å². The van der Waals surface area contributed by atoms with Crippen molar-refractivity contribution in [3.63, 3.8) is 0 Å². The summed E-state index contributed by atoms with van der Waals surface area (Å²) in [6.45, 7) is 9.05. The molecule has 0 N–H and O–H groups in total. The van der Waals surface area contributed by atoms with Crippen LogP contribution < -0.4 is 0 Å². The summed E-state index contributed by atoms with van der Waals surface area (Å²) in [5.74, 6) is -0.389. The Labute approximate surface area is 177 Å². The van der Waals surface area contributed by atoms with Gasteiger partial charge in [-0.2, -0.15) is 0 Å². The van der Waals surface area contributed by atoms with Crippen molar-refractivity contribution in [1.29, 1.82) is 0 Å². The van der Waals surface area contributed by atoms with Crippen LogP contribution in [-0.4, -0.2) is 24.8 Å². The van der Waals surface area contributed by atoms with Crippen molar-refractivity contribution in [1.82, 2.24) is 0 Å². The second kappa shape index (κ2) is 10.4. The molecule has 0 saturated carbocycles. The normalized spacial score (nSPS) is 18.7. The first-order valence-corrected chi connectivity index (χ1v) is 11.5. The highest BCUT2D eigenvalue weighted by Crippen LogP contribution is 2.61. The molecule has 1 atom stereocenters. The third kappa shape index (κ3) is 7.00. The van der Waals surface area contributed by atoms with Gasteiger partial charge in [0.25, 0.3) is 0 Å². The standard InChI is InChI=1S/C21H28ClO6P/c1-6-25-20(23)13-19-11-17(16-7-9-18(22)10-8-16)12-21(26-19)29(24,27-14(2)3)28-15(4)5/h7-10,12-15,17H,6,11H2,1-5H3/b19-13+/t17-/m0/s1. The molecule has 0 aliphatic carbocycles. The molecule has 0 fully saturated rings. The number of carbonyl (C=O) groups is 1. The number of hydrogen-bond acceptors (Lipinski definition) is 6. The Morgan fingerprint density at radius 2 is 1.79 bits per heavy atom.